The number of nitrogens with one attached hydrogen (secondary N) is 3. The summed E-state index contributed by atoms with van der Waals surface area (Å²) in [4.78, 5) is 1.32. The Bertz CT molecular complexity index is 887. The average molecular weight is 373 g/mol. The summed E-state index contributed by atoms with van der Waals surface area (Å²) in [7, 11) is 1.65. The number of halogens is 1. The number of benzene rings is 2. The molecule has 4 rings (SSSR count). The molecular weight excluding hydrogens is 343 g/mol. The Hall–Kier alpha value is -2.60. The number of hydrogen-bond donors (Lipinski definition) is 3. The van der Waals surface area contributed by atoms with Crippen LogP contribution in [0.2, 0.25) is 0 Å². The van der Waals surface area contributed by atoms with E-state index < -0.39 is 0 Å². The van der Waals surface area contributed by atoms with Gasteiger partial charge < -0.3 is 10.1 Å². The van der Waals surface area contributed by atoms with Gasteiger partial charge in [-0.3, -0.25) is 10.00 Å². The largest absolute Gasteiger partial charge is 0.491 e. The van der Waals surface area contributed by atoms with Crippen molar-refractivity contribution in [3.8, 4) is 5.75 Å². The van der Waals surface area contributed by atoms with Crippen LogP contribution in [0.1, 0.15) is 33.3 Å². The van der Waals surface area contributed by atoms with Crippen LogP contribution >= 0.6 is 0 Å². The maximum atomic E-state index is 14.3. The topological polar surface area (TPSA) is 54.4 Å². The van der Waals surface area contributed by atoms with Gasteiger partial charge in [0.2, 0.25) is 0 Å². The van der Waals surface area contributed by atoms with Crippen LogP contribution in [0.25, 0.3) is 10.9 Å². The first-order valence-electron chi connectivity index (χ1n) is 9.59. The fourth-order valence-corrected chi connectivity index (χ4v) is 2.88. The molecule has 6 heteroatoms. The summed E-state index contributed by atoms with van der Waals surface area (Å²) in [6, 6.07) is 7.12. The zero-order valence-corrected chi connectivity index (χ0v) is 17.0. The number of ether oxygens (including phenoxy) is 1. The van der Waals surface area contributed by atoms with Crippen molar-refractivity contribution in [2.75, 3.05) is 25.5 Å². The molecule has 0 amide bonds. The van der Waals surface area contributed by atoms with Crippen LogP contribution in [0.3, 0.4) is 0 Å². The Kier molecular flexibility index (Phi) is 7.19. The van der Waals surface area contributed by atoms with Crippen molar-refractivity contribution in [1.29, 1.82) is 0 Å². The van der Waals surface area contributed by atoms with Gasteiger partial charge in [0.1, 0.15) is 24.6 Å². The Balaban J connectivity index is 0.000000614. The van der Waals surface area contributed by atoms with E-state index in [0.717, 1.165) is 46.7 Å². The summed E-state index contributed by atoms with van der Waals surface area (Å²) in [6.45, 7) is 12.0. The lowest BCUT2D eigenvalue weighted by molar-refractivity contribution is -0.678. The van der Waals surface area contributed by atoms with Gasteiger partial charge in [-0.2, -0.15) is 5.10 Å². The molecule has 1 fully saturated rings. The third-order valence-corrected chi connectivity index (χ3v) is 4.17. The lowest BCUT2D eigenvalue weighted by Crippen LogP contribution is -2.85. The molecule has 2 aromatic carbocycles. The molecule has 3 N–H and O–H groups in total. The monoisotopic (exact) mass is 373 g/mol. The average Bonchev–Trinajstić information content (AvgIpc) is 3.43. The predicted octanol–water partition coefficient (Wildman–Crippen LogP) is 4.35. The van der Waals surface area contributed by atoms with Crippen molar-refractivity contribution >= 4 is 28.0 Å². The SMILES string of the molecule is CC.CC.COc1cc2[nH]ncc2c(Nc2ccc(C)cc2F)c1[NH+]1CC1. The van der Waals surface area contributed by atoms with Gasteiger partial charge in [0, 0.05) is 11.5 Å². The number of anilines is 2. The summed E-state index contributed by atoms with van der Waals surface area (Å²) in [6.07, 6.45) is 1.76. The van der Waals surface area contributed by atoms with E-state index in [2.05, 4.69) is 15.5 Å². The van der Waals surface area contributed by atoms with E-state index in [4.69, 9.17) is 4.74 Å². The van der Waals surface area contributed by atoms with Crippen LogP contribution in [-0.2, 0) is 0 Å². The number of nitrogens with zero attached hydrogens (tertiary/aromatic N) is 1. The molecule has 1 saturated heterocycles. The van der Waals surface area contributed by atoms with Crippen molar-refractivity contribution in [2.24, 2.45) is 0 Å². The van der Waals surface area contributed by atoms with Crippen LogP contribution < -0.4 is 15.0 Å². The number of aromatic amines is 1. The smallest absolute Gasteiger partial charge is 0.198 e. The van der Waals surface area contributed by atoms with Gasteiger partial charge in [-0.1, -0.05) is 33.8 Å². The molecule has 0 aliphatic carbocycles. The van der Waals surface area contributed by atoms with Gasteiger partial charge >= 0.3 is 0 Å². The number of H-pyrrole nitrogens is 1. The molecule has 0 unspecified atom stereocenters. The molecule has 146 valence electrons. The van der Waals surface area contributed by atoms with Gasteiger partial charge in [-0.05, 0) is 24.6 Å². The molecule has 2 heterocycles. The van der Waals surface area contributed by atoms with Gasteiger partial charge in [-0.15, -0.1) is 0 Å². The van der Waals surface area contributed by atoms with Crippen molar-refractivity contribution in [3.63, 3.8) is 0 Å². The molecule has 1 aliphatic heterocycles. The second-order valence-corrected chi connectivity index (χ2v) is 5.87. The highest BCUT2D eigenvalue weighted by atomic mass is 19.1. The maximum Gasteiger partial charge on any atom is 0.198 e. The van der Waals surface area contributed by atoms with Gasteiger partial charge in [-0.25, -0.2) is 4.39 Å². The van der Waals surface area contributed by atoms with Crippen molar-refractivity contribution in [1.82, 2.24) is 10.2 Å². The molecular formula is C21H30FN4O+. The lowest BCUT2D eigenvalue weighted by Gasteiger charge is -2.15. The minimum absolute atomic E-state index is 0.267. The minimum Gasteiger partial charge on any atom is -0.491 e. The highest BCUT2D eigenvalue weighted by Crippen LogP contribution is 2.39. The first-order chi connectivity index (χ1) is 13.2. The van der Waals surface area contributed by atoms with Crippen LogP contribution in [0.4, 0.5) is 21.5 Å². The fraction of sp³-hybridized carbons (Fsp3) is 0.381. The number of hydrogen-bond acceptors (Lipinski definition) is 3. The van der Waals surface area contributed by atoms with E-state index in [9.17, 15) is 4.39 Å². The number of aromatic nitrogens is 2. The number of aryl methyl sites for hydroxylation is 1. The number of rotatable bonds is 4. The maximum absolute atomic E-state index is 14.3. The first kappa shape index (κ1) is 20.7. The summed E-state index contributed by atoms with van der Waals surface area (Å²) < 4.78 is 19.8. The van der Waals surface area contributed by atoms with Crippen molar-refractivity contribution in [3.05, 3.63) is 41.8 Å². The molecule has 0 spiro atoms. The summed E-state index contributed by atoms with van der Waals surface area (Å²) in [5.74, 6) is 0.514. The van der Waals surface area contributed by atoms with Crippen LogP contribution in [0, 0.1) is 12.7 Å². The lowest BCUT2D eigenvalue weighted by atomic mass is 10.1. The number of quaternary nitrogens is 1. The highest BCUT2D eigenvalue weighted by Gasteiger charge is 2.34. The first-order valence-corrected chi connectivity index (χ1v) is 9.59. The molecule has 0 atom stereocenters. The van der Waals surface area contributed by atoms with E-state index in [0.29, 0.717) is 5.69 Å². The summed E-state index contributed by atoms with van der Waals surface area (Å²) in [5.41, 5.74) is 4.09. The second-order valence-electron chi connectivity index (χ2n) is 5.87. The quantitative estimate of drug-likeness (QED) is 0.596. The second kappa shape index (κ2) is 9.37. The van der Waals surface area contributed by atoms with Crippen LogP contribution in [0.15, 0.2) is 30.5 Å². The Labute approximate surface area is 160 Å². The zero-order chi connectivity index (χ0) is 20.0. The van der Waals surface area contributed by atoms with E-state index in [1.54, 1.807) is 19.4 Å². The van der Waals surface area contributed by atoms with Crippen molar-refractivity contribution in [2.45, 2.75) is 34.6 Å². The molecule has 3 aromatic rings. The summed E-state index contributed by atoms with van der Waals surface area (Å²) in [5, 5.41) is 11.3. The standard InChI is InChI=1S/C17H17FN4O.2C2H6/c1-10-3-4-13(12(18)7-10)20-16-11-9-19-21-14(11)8-15(23-2)17(16)22-5-6-22;2*1-2/h3-4,7-9,20H,5-6H2,1-2H3,(H,19,21);2*1-2H3/p+1. The van der Waals surface area contributed by atoms with E-state index >= 15 is 0 Å². The third kappa shape index (κ3) is 4.39. The van der Waals surface area contributed by atoms with Gasteiger partial charge in [0.25, 0.3) is 0 Å². The number of methoxy groups -OCH3 is 1. The zero-order valence-electron chi connectivity index (χ0n) is 17.0. The third-order valence-electron chi connectivity index (χ3n) is 4.17. The molecule has 27 heavy (non-hydrogen) atoms. The van der Waals surface area contributed by atoms with E-state index in [1.807, 2.05) is 46.8 Å². The minimum atomic E-state index is -0.267. The normalized spacial score (nSPS) is 12.6. The van der Waals surface area contributed by atoms with Crippen molar-refractivity contribution < 1.29 is 14.0 Å². The Morgan fingerprint density at radius 3 is 2.44 bits per heavy atom. The number of fused-ring (bicyclic) bond motifs is 1. The molecule has 0 radical (unpaired) electrons. The molecule has 1 aliphatic rings. The van der Waals surface area contributed by atoms with Crippen LogP contribution in [0.5, 0.6) is 5.75 Å². The van der Waals surface area contributed by atoms with Crippen LogP contribution in [-0.4, -0.2) is 30.4 Å². The van der Waals surface area contributed by atoms with Gasteiger partial charge in [0.05, 0.1) is 24.5 Å². The molecule has 5 nitrogen and oxygen atoms in total. The Morgan fingerprint density at radius 2 is 1.85 bits per heavy atom. The Morgan fingerprint density at radius 1 is 1.15 bits per heavy atom. The molecule has 0 saturated carbocycles. The highest BCUT2D eigenvalue weighted by molar-refractivity contribution is 6.00. The van der Waals surface area contributed by atoms with E-state index in [-0.39, 0.29) is 5.82 Å². The summed E-state index contributed by atoms with van der Waals surface area (Å²) >= 11 is 0. The predicted molar refractivity (Wildman–Crippen MR) is 110 cm³/mol. The van der Waals surface area contributed by atoms with E-state index in [1.165, 1.54) is 11.0 Å². The molecule has 1 aromatic heterocycles. The van der Waals surface area contributed by atoms with Gasteiger partial charge in [0.15, 0.2) is 11.4 Å². The molecule has 0 bridgehead atoms. The fourth-order valence-electron chi connectivity index (χ4n) is 2.88.